The van der Waals surface area contributed by atoms with Crippen LogP contribution in [-0.4, -0.2) is 61.7 Å². The quantitative estimate of drug-likeness (QED) is 0.752. The molecule has 2 saturated heterocycles. The summed E-state index contributed by atoms with van der Waals surface area (Å²) in [5.74, 6) is 1.84. The fraction of sp³-hybridized carbons (Fsp3) is 0.500. The lowest BCUT2D eigenvalue weighted by Gasteiger charge is -2.17. The predicted octanol–water partition coefficient (Wildman–Crippen LogP) is 2.55. The van der Waals surface area contributed by atoms with Gasteiger partial charge in [0.05, 0.1) is 7.11 Å². The van der Waals surface area contributed by atoms with E-state index in [1.165, 1.54) is 0 Å². The van der Waals surface area contributed by atoms with Gasteiger partial charge in [0, 0.05) is 50.6 Å². The van der Waals surface area contributed by atoms with Crippen molar-refractivity contribution >= 4 is 17.6 Å². The van der Waals surface area contributed by atoms with Gasteiger partial charge in [-0.3, -0.25) is 9.59 Å². The lowest BCUT2D eigenvalue weighted by Crippen LogP contribution is -2.32. The van der Waals surface area contributed by atoms with Gasteiger partial charge in [-0.25, -0.2) is 0 Å². The summed E-state index contributed by atoms with van der Waals surface area (Å²) in [7, 11) is 1.61. The number of rotatable bonds is 7. The average Bonchev–Trinajstić information content (AvgIpc) is 3.51. The lowest BCUT2D eigenvalue weighted by molar-refractivity contribution is -0.127. The number of amides is 2. The van der Waals surface area contributed by atoms with E-state index in [1.54, 1.807) is 7.11 Å². The molecule has 1 unspecified atom stereocenters. The topological polar surface area (TPSA) is 87.9 Å². The van der Waals surface area contributed by atoms with Crippen LogP contribution in [0.2, 0.25) is 0 Å². The summed E-state index contributed by atoms with van der Waals surface area (Å²) in [5, 5.41) is 7.27. The normalized spacial score (nSPS) is 18.9. The summed E-state index contributed by atoms with van der Waals surface area (Å²) in [6.07, 6.45) is 2.62. The van der Waals surface area contributed by atoms with Crippen molar-refractivity contribution in [3.63, 3.8) is 0 Å². The maximum absolute atomic E-state index is 13.2. The maximum atomic E-state index is 13.2. The van der Waals surface area contributed by atoms with Crippen LogP contribution in [0.15, 0.2) is 28.8 Å². The maximum Gasteiger partial charge on any atom is 0.259 e. The number of hydrogen-bond donors (Lipinski definition) is 1. The molecule has 2 amide bonds. The third kappa shape index (κ3) is 3.99. The molecule has 2 aromatic rings. The first-order chi connectivity index (χ1) is 14.6. The van der Waals surface area contributed by atoms with Gasteiger partial charge in [0.2, 0.25) is 5.91 Å². The van der Waals surface area contributed by atoms with Crippen LogP contribution in [0.1, 0.15) is 36.5 Å². The summed E-state index contributed by atoms with van der Waals surface area (Å²) >= 11 is 0. The van der Waals surface area contributed by atoms with E-state index in [0.717, 1.165) is 37.2 Å². The van der Waals surface area contributed by atoms with E-state index in [0.29, 0.717) is 43.2 Å². The van der Waals surface area contributed by atoms with Gasteiger partial charge < -0.3 is 24.4 Å². The number of ether oxygens (including phenoxy) is 1. The molecule has 1 N–H and O–H groups in total. The van der Waals surface area contributed by atoms with E-state index in [-0.39, 0.29) is 17.7 Å². The molecule has 160 valence electrons. The molecule has 1 aromatic heterocycles. The van der Waals surface area contributed by atoms with Crippen LogP contribution in [0, 0.1) is 5.92 Å². The molecule has 0 spiro atoms. The SMILES string of the molecule is CCN1CC(CNC(=O)c2c(N3CCCC3)noc2-c2ccc(OC)cc2)CC1=O. The van der Waals surface area contributed by atoms with Crippen molar-refractivity contribution in [3.8, 4) is 17.1 Å². The third-order valence-corrected chi connectivity index (χ3v) is 5.89. The van der Waals surface area contributed by atoms with Gasteiger partial charge >= 0.3 is 0 Å². The van der Waals surface area contributed by atoms with Crippen LogP contribution in [0.3, 0.4) is 0 Å². The standard InChI is InChI=1S/C22H28N4O4/c1-3-25-14-15(12-18(25)27)13-23-22(28)19-20(16-6-8-17(29-2)9-7-16)30-24-21(19)26-10-4-5-11-26/h6-9,15H,3-5,10-14H2,1-2H3,(H,23,28). The fourth-order valence-corrected chi connectivity index (χ4v) is 4.19. The number of likely N-dealkylation sites (tertiary alicyclic amines) is 1. The Balaban J connectivity index is 1.56. The summed E-state index contributed by atoms with van der Waals surface area (Å²) in [5.41, 5.74) is 1.23. The van der Waals surface area contributed by atoms with Gasteiger partial charge in [0.1, 0.15) is 11.3 Å². The molecular formula is C22H28N4O4. The van der Waals surface area contributed by atoms with Crippen LogP contribution in [-0.2, 0) is 4.79 Å². The van der Waals surface area contributed by atoms with Crippen LogP contribution in [0.4, 0.5) is 5.82 Å². The minimum Gasteiger partial charge on any atom is -0.497 e. The highest BCUT2D eigenvalue weighted by atomic mass is 16.5. The molecule has 1 atom stereocenters. The molecular weight excluding hydrogens is 384 g/mol. The molecule has 3 heterocycles. The van der Waals surface area contributed by atoms with Gasteiger partial charge in [-0.15, -0.1) is 0 Å². The molecule has 0 bridgehead atoms. The molecule has 8 heteroatoms. The van der Waals surface area contributed by atoms with Gasteiger partial charge in [-0.1, -0.05) is 5.16 Å². The monoisotopic (exact) mass is 412 g/mol. The van der Waals surface area contributed by atoms with Gasteiger partial charge in [-0.2, -0.15) is 0 Å². The largest absolute Gasteiger partial charge is 0.497 e. The van der Waals surface area contributed by atoms with Crippen molar-refractivity contribution in [2.75, 3.05) is 44.7 Å². The Labute approximate surface area is 176 Å². The van der Waals surface area contributed by atoms with Gasteiger partial charge in [0.25, 0.3) is 5.91 Å². The second-order valence-corrected chi connectivity index (χ2v) is 7.85. The number of hydrogen-bond acceptors (Lipinski definition) is 6. The highest BCUT2D eigenvalue weighted by molar-refractivity contribution is 6.04. The second kappa shape index (κ2) is 8.77. The Hall–Kier alpha value is -3.03. The first kappa shape index (κ1) is 20.3. The highest BCUT2D eigenvalue weighted by Gasteiger charge is 2.32. The molecule has 4 rings (SSSR count). The first-order valence-corrected chi connectivity index (χ1v) is 10.6. The molecule has 0 radical (unpaired) electrons. The molecule has 0 aliphatic carbocycles. The van der Waals surface area contributed by atoms with E-state index < -0.39 is 0 Å². The number of anilines is 1. The van der Waals surface area contributed by atoms with E-state index in [1.807, 2.05) is 36.1 Å². The smallest absolute Gasteiger partial charge is 0.259 e. The molecule has 0 saturated carbocycles. The predicted molar refractivity (Wildman–Crippen MR) is 113 cm³/mol. The highest BCUT2D eigenvalue weighted by Crippen LogP contribution is 2.33. The third-order valence-electron chi connectivity index (χ3n) is 5.89. The number of carbonyl (C=O) groups is 2. The number of benzene rings is 1. The van der Waals surface area contributed by atoms with Crippen molar-refractivity contribution < 1.29 is 18.8 Å². The van der Waals surface area contributed by atoms with E-state index in [9.17, 15) is 9.59 Å². The summed E-state index contributed by atoms with van der Waals surface area (Å²) in [6.45, 7) is 5.53. The Bertz CT molecular complexity index is 902. The fourth-order valence-electron chi connectivity index (χ4n) is 4.19. The van der Waals surface area contributed by atoms with E-state index in [2.05, 4.69) is 15.4 Å². The molecule has 2 aliphatic rings. The summed E-state index contributed by atoms with van der Waals surface area (Å²) in [4.78, 5) is 29.1. The number of nitrogens with one attached hydrogen (secondary N) is 1. The summed E-state index contributed by atoms with van der Waals surface area (Å²) in [6, 6.07) is 7.38. The second-order valence-electron chi connectivity index (χ2n) is 7.85. The Morgan fingerprint density at radius 3 is 2.63 bits per heavy atom. The first-order valence-electron chi connectivity index (χ1n) is 10.6. The lowest BCUT2D eigenvalue weighted by atomic mass is 10.1. The molecule has 2 aliphatic heterocycles. The minimum absolute atomic E-state index is 0.126. The zero-order valence-corrected chi connectivity index (χ0v) is 17.5. The number of methoxy groups -OCH3 is 1. The van der Waals surface area contributed by atoms with Crippen molar-refractivity contribution in [1.29, 1.82) is 0 Å². The van der Waals surface area contributed by atoms with E-state index in [4.69, 9.17) is 9.26 Å². The van der Waals surface area contributed by atoms with Gasteiger partial charge in [0.15, 0.2) is 11.6 Å². The molecule has 2 fully saturated rings. The van der Waals surface area contributed by atoms with Crippen LogP contribution in [0.25, 0.3) is 11.3 Å². The number of carbonyl (C=O) groups excluding carboxylic acids is 2. The average molecular weight is 412 g/mol. The van der Waals surface area contributed by atoms with Crippen LogP contribution in [0.5, 0.6) is 5.75 Å². The molecule has 30 heavy (non-hydrogen) atoms. The Kier molecular flexibility index (Phi) is 5.92. The molecule has 8 nitrogen and oxygen atoms in total. The Morgan fingerprint density at radius 2 is 2.00 bits per heavy atom. The number of nitrogens with zero attached hydrogens (tertiary/aromatic N) is 3. The number of aromatic nitrogens is 1. The Morgan fingerprint density at radius 1 is 1.27 bits per heavy atom. The van der Waals surface area contributed by atoms with Crippen molar-refractivity contribution in [2.24, 2.45) is 5.92 Å². The van der Waals surface area contributed by atoms with Crippen LogP contribution < -0.4 is 15.0 Å². The zero-order valence-electron chi connectivity index (χ0n) is 17.5. The van der Waals surface area contributed by atoms with Crippen molar-refractivity contribution in [3.05, 3.63) is 29.8 Å². The minimum atomic E-state index is -0.216. The molecule has 1 aromatic carbocycles. The van der Waals surface area contributed by atoms with Crippen molar-refractivity contribution in [2.45, 2.75) is 26.2 Å². The van der Waals surface area contributed by atoms with E-state index >= 15 is 0 Å². The zero-order chi connectivity index (χ0) is 21.1. The van der Waals surface area contributed by atoms with Crippen molar-refractivity contribution in [1.82, 2.24) is 15.4 Å². The summed E-state index contributed by atoms with van der Waals surface area (Å²) < 4.78 is 10.9. The van der Waals surface area contributed by atoms with Gasteiger partial charge in [-0.05, 0) is 44.0 Å². The van der Waals surface area contributed by atoms with Crippen LogP contribution >= 0.6 is 0 Å².